The Bertz CT molecular complexity index is 970. The number of Topliss-reactive ketones (excluding diaryl/α,β-unsaturated/α-hetero) is 1. The molecule has 0 heterocycles. The van der Waals surface area contributed by atoms with Gasteiger partial charge in [0.1, 0.15) is 11.5 Å². The van der Waals surface area contributed by atoms with Crippen molar-refractivity contribution in [3.05, 3.63) is 96.1 Å². The summed E-state index contributed by atoms with van der Waals surface area (Å²) in [5.74, 6) is -0.0798. The number of carbonyl (C=O) groups excluding carboxylic acids is 2. The minimum absolute atomic E-state index is 0.0842. The Morgan fingerprint density at radius 2 is 1.50 bits per heavy atom. The van der Waals surface area contributed by atoms with Crippen LogP contribution in [0.2, 0.25) is 0 Å². The van der Waals surface area contributed by atoms with Crippen LogP contribution in [0.5, 0.6) is 5.75 Å². The zero-order valence-electron chi connectivity index (χ0n) is 15.5. The Kier molecular flexibility index (Phi) is 6.53. The molecule has 0 atom stereocenters. The molecule has 0 aliphatic rings. The number of phenolic OH excluding ortho intramolecular Hbond substituents is 1. The molecule has 3 nitrogen and oxygen atoms in total. The minimum Gasteiger partial charge on any atom is -0.508 e. The molecule has 3 rings (SSSR count). The molecule has 1 N–H and O–H groups in total. The highest BCUT2D eigenvalue weighted by Crippen LogP contribution is 2.24. The van der Waals surface area contributed by atoms with Crippen molar-refractivity contribution < 1.29 is 14.7 Å². The van der Waals surface area contributed by atoms with E-state index < -0.39 is 0 Å². The standard InChI is InChI=1S/C25H22O3/c26-22-14-10-19(11-15-22)12-16-23(27)18-24(28)17-13-21-8-4-5-9-25(21)20-6-2-1-3-7-20/h1-11,13-15,17,26H,12,16,18H2. The van der Waals surface area contributed by atoms with Crippen LogP contribution in [-0.4, -0.2) is 16.7 Å². The molecule has 0 aromatic heterocycles. The average Bonchev–Trinajstić information content (AvgIpc) is 2.73. The minimum atomic E-state index is -0.196. The van der Waals surface area contributed by atoms with Gasteiger partial charge in [0.25, 0.3) is 0 Å². The predicted octanol–water partition coefficient (Wildman–Crippen LogP) is 5.23. The molecule has 0 unspecified atom stereocenters. The number of rotatable bonds is 8. The highest BCUT2D eigenvalue weighted by molar-refractivity contribution is 6.06. The Morgan fingerprint density at radius 3 is 2.25 bits per heavy atom. The molecular formula is C25H22O3. The van der Waals surface area contributed by atoms with E-state index in [1.54, 1.807) is 30.3 Å². The number of aryl methyl sites for hydroxylation is 1. The van der Waals surface area contributed by atoms with E-state index in [1.807, 2.05) is 54.6 Å². The summed E-state index contributed by atoms with van der Waals surface area (Å²) in [6, 6.07) is 24.6. The molecule has 3 aromatic rings. The SMILES string of the molecule is O=C(C=Cc1ccccc1-c1ccccc1)CC(=O)CCc1ccc(O)cc1. The molecule has 0 amide bonds. The molecule has 0 fully saturated rings. The van der Waals surface area contributed by atoms with E-state index in [1.165, 1.54) is 6.08 Å². The highest BCUT2D eigenvalue weighted by Gasteiger charge is 2.08. The summed E-state index contributed by atoms with van der Waals surface area (Å²) in [4.78, 5) is 24.3. The molecule has 0 aliphatic carbocycles. The number of ketones is 2. The average molecular weight is 370 g/mol. The van der Waals surface area contributed by atoms with E-state index in [0.717, 1.165) is 22.3 Å². The summed E-state index contributed by atoms with van der Waals surface area (Å²) in [7, 11) is 0. The summed E-state index contributed by atoms with van der Waals surface area (Å²) in [6.07, 6.45) is 4.04. The second-order valence-corrected chi connectivity index (χ2v) is 6.63. The lowest BCUT2D eigenvalue weighted by molar-refractivity contribution is -0.124. The zero-order valence-corrected chi connectivity index (χ0v) is 15.5. The van der Waals surface area contributed by atoms with Gasteiger partial charge in [0, 0.05) is 6.42 Å². The summed E-state index contributed by atoms with van der Waals surface area (Å²) in [6.45, 7) is 0. The number of benzene rings is 3. The summed E-state index contributed by atoms with van der Waals surface area (Å²) < 4.78 is 0. The van der Waals surface area contributed by atoms with Gasteiger partial charge >= 0.3 is 0 Å². The smallest absolute Gasteiger partial charge is 0.163 e. The number of carbonyl (C=O) groups is 2. The molecule has 28 heavy (non-hydrogen) atoms. The van der Waals surface area contributed by atoms with Crippen LogP contribution in [0.3, 0.4) is 0 Å². The summed E-state index contributed by atoms with van der Waals surface area (Å²) in [5.41, 5.74) is 4.04. The van der Waals surface area contributed by atoms with Gasteiger partial charge in [0.15, 0.2) is 5.78 Å². The number of aromatic hydroxyl groups is 1. The van der Waals surface area contributed by atoms with Crippen LogP contribution in [0.25, 0.3) is 17.2 Å². The van der Waals surface area contributed by atoms with Gasteiger partial charge in [-0.1, -0.05) is 72.8 Å². The van der Waals surface area contributed by atoms with Gasteiger partial charge in [-0.05, 0) is 46.9 Å². The normalized spacial score (nSPS) is 10.9. The van der Waals surface area contributed by atoms with Crippen LogP contribution in [0.4, 0.5) is 0 Å². The van der Waals surface area contributed by atoms with E-state index in [2.05, 4.69) is 0 Å². The van der Waals surface area contributed by atoms with Crippen LogP contribution in [0, 0.1) is 0 Å². The molecule has 0 radical (unpaired) electrons. The fraction of sp³-hybridized carbons (Fsp3) is 0.120. The fourth-order valence-electron chi connectivity index (χ4n) is 2.99. The molecule has 0 aliphatic heterocycles. The van der Waals surface area contributed by atoms with Gasteiger partial charge in [-0.25, -0.2) is 0 Å². The van der Waals surface area contributed by atoms with Crippen LogP contribution in [0.1, 0.15) is 24.0 Å². The van der Waals surface area contributed by atoms with Crippen molar-refractivity contribution >= 4 is 17.6 Å². The lowest BCUT2D eigenvalue weighted by Gasteiger charge is -2.06. The number of hydrogen-bond donors (Lipinski definition) is 1. The van der Waals surface area contributed by atoms with Crippen LogP contribution in [-0.2, 0) is 16.0 Å². The number of allylic oxidation sites excluding steroid dienone is 1. The number of phenols is 1. The predicted molar refractivity (Wildman–Crippen MR) is 112 cm³/mol. The lowest BCUT2D eigenvalue weighted by Crippen LogP contribution is -2.06. The maximum Gasteiger partial charge on any atom is 0.163 e. The molecule has 0 saturated carbocycles. The molecule has 0 saturated heterocycles. The topological polar surface area (TPSA) is 54.4 Å². The van der Waals surface area contributed by atoms with Crippen LogP contribution >= 0.6 is 0 Å². The van der Waals surface area contributed by atoms with Crippen molar-refractivity contribution in [2.24, 2.45) is 0 Å². The molecule has 0 bridgehead atoms. The third-order valence-electron chi connectivity index (χ3n) is 4.49. The molecule has 3 heteroatoms. The molecular weight excluding hydrogens is 348 g/mol. The van der Waals surface area contributed by atoms with E-state index in [9.17, 15) is 14.7 Å². The second-order valence-electron chi connectivity index (χ2n) is 6.63. The summed E-state index contributed by atoms with van der Waals surface area (Å²) in [5, 5.41) is 9.28. The highest BCUT2D eigenvalue weighted by atomic mass is 16.3. The van der Waals surface area contributed by atoms with Crippen molar-refractivity contribution in [3.8, 4) is 16.9 Å². The van der Waals surface area contributed by atoms with Gasteiger partial charge in [0.05, 0.1) is 6.42 Å². The first-order valence-electron chi connectivity index (χ1n) is 9.27. The first kappa shape index (κ1) is 19.3. The van der Waals surface area contributed by atoms with Gasteiger partial charge in [-0.15, -0.1) is 0 Å². The third kappa shape index (κ3) is 5.52. The first-order valence-corrected chi connectivity index (χ1v) is 9.27. The van der Waals surface area contributed by atoms with Crippen molar-refractivity contribution in [3.63, 3.8) is 0 Å². The Labute approximate surface area is 165 Å². The van der Waals surface area contributed by atoms with Gasteiger partial charge in [-0.3, -0.25) is 9.59 Å². The third-order valence-corrected chi connectivity index (χ3v) is 4.49. The van der Waals surface area contributed by atoms with E-state index in [-0.39, 0.29) is 23.7 Å². The monoisotopic (exact) mass is 370 g/mol. The van der Waals surface area contributed by atoms with Crippen molar-refractivity contribution in [1.82, 2.24) is 0 Å². The van der Waals surface area contributed by atoms with E-state index in [4.69, 9.17) is 0 Å². The van der Waals surface area contributed by atoms with Gasteiger partial charge in [-0.2, -0.15) is 0 Å². The molecule has 0 spiro atoms. The lowest BCUT2D eigenvalue weighted by atomic mass is 9.99. The molecule has 3 aromatic carbocycles. The van der Waals surface area contributed by atoms with Crippen LogP contribution in [0.15, 0.2) is 84.9 Å². The maximum atomic E-state index is 12.2. The van der Waals surface area contributed by atoms with Gasteiger partial charge < -0.3 is 5.11 Å². The van der Waals surface area contributed by atoms with Gasteiger partial charge in [0.2, 0.25) is 0 Å². The zero-order chi connectivity index (χ0) is 19.8. The molecule has 140 valence electrons. The maximum absolute atomic E-state index is 12.2. The first-order chi connectivity index (χ1) is 13.6. The van der Waals surface area contributed by atoms with Crippen LogP contribution < -0.4 is 0 Å². The fourth-order valence-corrected chi connectivity index (χ4v) is 2.99. The second kappa shape index (κ2) is 9.47. The largest absolute Gasteiger partial charge is 0.508 e. The van der Waals surface area contributed by atoms with Crippen molar-refractivity contribution in [1.29, 1.82) is 0 Å². The van der Waals surface area contributed by atoms with E-state index >= 15 is 0 Å². The Balaban J connectivity index is 1.58. The van der Waals surface area contributed by atoms with E-state index in [0.29, 0.717) is 12.8 Å². The quantitative estimate of drug-likeness (QED) is 0.436. The van der Waals surface area contributed by atoms with Crippen molar-refractivity contribution in [2.45, 2.75) is 19.3 Å². The Hall–Kier alpha value is -3.46. The number of hydrogen-bond acceptors (Lipinski definition) is 3. The summed E-state index contributed by atoms with van der Waals surface area (Å²) >= 11 is 0. The Morgan fingerprint density at radius 1 is 0.821 bits per heavy atom. The van der Waals surface area contributed by atoms with Crippen molar-refractivity contribution in [2.75, 3.05) is 0 Å².